The highest BCUT2D eigenvalue weighted by atomic mass is 19.1. The number of ether oxygens (including phenoxy) is 1. The minimum atomic E-state index is -0.592. The predicted molar refractivity (Wildman–Crippen MR) is 83.9 cm³/mol. The zero-order valence-electron chi connectivity index (χ0n) is 13.3. The van der Waals surface area contributed by atoms with Gasteiger partial charge >= 0.3 is 12.0 Å². The Morgan fingerprint density at radius 1 is 1.33 bits per heavy atom. The fraction of sp³-hybridized carbons (Fsp3) is 0.312. The summed E-state index contributed by atoms with van der Waals surface area (Å²) in [5.41, 5.74) is 0.765. The van der Waals surface area contributed by atoms with E-state index >= 15 is 0 Å². The molecule has 7 nitrogen and oxygen atoms in total. The van der Waals surface area contributed by atoms with Gasteiger partial charge in [-0.3, -0.25) is 10.1 Å². The molecule has 1 unspecified atom stereocenters. The van der Waals surface area contributed by atoms with Crippen LogP contribution in [0.2, 0.25) is 0 Å². The summed E-state index contributed by atoms with van der Waals surface area (Å²) < 4.78 is 22.5. The molecule has 0 radical (unpaired) electrons. The average Bonchev–Trinajstić information content (AvgIpc) is 2.97. The molecule has 0 fully saturated rings. The van der Waals surface area contributed by atoms with Gasteiger partial charge in [0.2, 0.25) is 0 Å². The van der Waals surface area contributed by atoms with Crippen molar-refractivity contribution in [2.75, 3.05) is 19.0 Å². The predicted octanol–water partition coefficient (Wildman–Crippen LogP) is 2.28. The number of urea groups is 1. The van der Waals surface area contributed by atoms with Crippen LogP contribution < -0.4 is 10.6 Å². The van der Waals surface area contributed by atoms with Gasteiger partial charge in [0.25, 0.3) is 0 Å². The summed E-state index contributed by atoms with van der Waals surface area (Å²) in [6, 6.07) is 6.85. The van der Waals surface area contributed by atoms with E-state index in [1.54, 1.807) is 25.1 Å². The molecule has 2 rings (SSSR count). The van der Waals surface area contributed by atoms with E-state index in [1.165, 1.54) is 19.2 Å². The second-order valence-electron chi connectivity index (χ2n) is 5.21. The number of hydrogen-bond acceptors (Lipinski definition) is 5. The maximum atomic E-state index is 12.9. The van der Waals surface area contributed by atoms with Crippen LogP contribution in [-0.4, -0.2) is 30.8 Å². The van der Waals surface area contributed by atoms with Gasteiger partial charge in [0.15, 0.2) is 5.82 Å². The van der Waals surface area contributed by atoms with Crippen molar-refractivity contribution in [3.8, 4) is 0 Å². The molecule has 1 aromatic carbocycles. The molecule has 2 aromatic rings. The lowest BCUT2D eigenvalue weighted by Gasteiger charge is -2.15. The van der Waals surface area contributed by atoms with Gasteiger partial charge in [-0.2, -0.15) is 0 Å². The molecule has 2 amide bonds. The standard InChI is InChI=1S/C16H18FN3O4/c1-10-7-14(20-24-10)19-16(22)18-9-12(15(21)23-2)8-11-3-5-13(17)6-4-11/h3-7,12H,8-9H2,1-2H3,(H2,18,19,20,22). The molecule has 128 valence electrons. The minimum Gasteiger partial charge on any atom is -0.469 e. The number of benzene rings is 1. The fourth-order valence-electron chi connectivity index (χ4n) is 2.11. The fourth-order valence-corrected chi connectivity index (χ4v) is 2.11. The second kappa shape index (κ2) is 8.09. The average molecular weight is 335 g/mol. The maximum Gasteiger partial charge on any atom is 0.320 e. The van der Waals surface area contributed by atoms with Crippen molar-refractivity contribution in [1.29, 1.82) is 0 Å². The molecule has 8 heteroatoms. The first kappa shape index (κ1) is 17.5. The van der Waals surface area contributed by atoms with Crippen molar-refractivity contribution in [1.82, 2.24) is 10.5 Å². The van der Waals surface area contributed by atoms with Crippen molar-refractivity contribution in [2.24, 2.45) is 5.92 Å². The van der Waals surface area contributed by atoms with Crippen LogP contribution in [0, 0.1) is 18.7 Å². The van der Waals surface area contributed by atoms with Crippen LogP contribution in [0.15, 0.2) is 34.9 Å². The Hall–Kier alpha value is -2.90. The summed E-state index contributed by atoms with van der Waals surface area (Å²) in [6.07, 6.45) is 0.316. The van der Waals surface area contributed by atoms with Crippen LogP contribution >= 0.6 is 0 Å². The summed E-state index contributed by atoms with van der Waals surface area (Å²) >= 11 is 0. The zero-order chi connectivity index (χ0) is 17.5. The summed E-state index contributed by atoms with van der Waals surface area (Å²) in [7, 11) is 1.28. The van der Waals surface area contributed by atoms with E-state index in [4.69, 9.17) is 9.26 Å². The number of rotatable bonds is 6. The first-order valence-corrected chi connectivity index (χ1v) is 7.28. The largest absolute Gasteiger partial charge is 0.469 e. The Balaban J connectivity index is 1.92. The third-order valence-electron chi connectivity index (χ3n) is 3.31. The molecule has 1 atom stereocenters. The second-order valence-corrected chi connectivity index (χ2v) is 5.21. The van der Waals surface area contributed by atoms with Gasteiger partial charge in [-0.15, -0.1) is 0 Å². The molecule has 1 aromatic heterocycles. The molecule has 0 aliphatic carbocycles. The van der Waals surface area contributed by atoms with E-state index in [-0.39, 0.29) is 18.2 Å². The monoisotopic (exact) mass is 335 g/mol. The smallest absolute Gasteiger partial charge is 0.320 e. The number of aryl methyl sites for hydroxylation is 1. The van der Waals surface area contributed by atoms with Gasteiger partial charge in [-0.25, -0.2) is 9.18 Å². The number of halogens is 1. The van der Waals surface area contributed by atoms with Gasteiger partial charge in [0.1, 0.15) is 11.6 Å². The van der Waals surface area contributed by atoms with Crippen LogP contribution in [0.5, 0.6) is 0 Å². The minimum absolute atomic E-state index is 0.0622. The highest BCUT2D eigenvalue weighted by molar-refractivity contribution is 5.88. The molecule has 24 heavy (non-hydrogen) atoms. The number of anilines is 1. The summed E-state index contributed by atoms with van der Waals surface area (Å²) in [6.45, 7) is 1.76. The van der Waals surface area contributed by atoms with Gasteiger partial charge in [-0.05, 0) is 31.0 Å². The topological polar surface area (TPSA) is 93.5 Å². The van der Waals surface area contributed by atoms with Crippen LogP contribution in [0.3, 0.4) is 0 Å². The SMILES string of the molecule is COC(=O)C(CNC(=O)Nc1cc(C)on1)Cc1ccc(F)cc1. The van der Waals surface area contributed by atoms with Gasteiger partial charge in [0, 0.05) is 12.6 Å². The van der Waals surface area contributed by atoms with E-state index in [1.807, 2.05) is 0 Å². The summed E-state index contributed by atoms with van der Waals surface area (Å²) in [5, 5.41) is 8.71. The van der Waals surface area contributed by atoms with E-state index in [0.717, 1.165) is 5.56 Å². The van der Waals surface area contributed by atoms with Crippen molar-refractivity contribution in [3.63, 3.8) is 0 Å². The van der Waals surface area contributed by atoms with E-state index in [9.17, 15) is 14.0 Å². The van der Waals surface area contributed by atoms with Crippen LogP contribution in [0.4, 0.5) is 15.0 Å². The van der Waals surface area contributed by atoms with Crippen LogP contribution in [0.25, 0.3) is 0 Å². The number of amides is 2. The molecular weight excluding hydrogens is 317 g/mol. The number of methoxy groups -OCH3 is 1. The Bertz CT molecular complexity index is 700. The molecular formula is C16H18FN3O4. The Labute approximate surface area is 138 Å². The number of nitrogens with zero attached hydrogens (tertiary/aromatic N) is 1. The highest BCUT2D eigenvalue weighted by Crippen LogP contribution is 2.12. The molecule has 1 heterocycles. The van der Waals surface area contributed by atoms with Crippen molar-refractivity contribution in [2.45, 2.75) is 13.3 Å². The van der Waals surface area contributed by atoms with Crippen LogP contribution in [0.1, 0.15) is 11.3 Å². The number of aromatic nitrogens is 1. The van der Waals surface area contributed by atoms with Crippen LogP contribution in [-0.2, 0) is 16.0 Å². The van der Waals surface area contributed by atoms with Gasteiger partial charge in [0.05, 0.1) is 13.0 Å². The van der Waals surface area contributed by atoms with E-state index in [0.29, 0.717) is 12.2 Å². The molecule has 0 spiro atoms. The lowest BCUT2D eigenvalue weighted by Crippen LogP contribution is -2.37. The molecule has 0 bridgehead atoms. The Kier molecular flexibility index (Phi) is 5.89. The normalized spacial score (nSPS) is 11.6. The first-order chi connectivity index (χ1) is 11.5. The lowest BCUT2D eigenvalue weighted by atomic mass is 9.99. The first-order valence-electron chi connectivity index (χ1n) is 7.28. The third-order valence-corrected chi connectivity index (χ3v) is 3.31. The number of esters is 1. The third kappa shape index (κ3) is 5.08. The quantitative estimate of drug-likeness (QED) is 0.790. The highest BCUT2D eigenvalue weighted by Gasteiger charge is 2.21. The number of hydrogen-bond donors (Lipinski definition) is 2. The van der Waals surface area contributed by atoms with Crippen molar-refractivity contribution in [3.05, 3.63) is 47.5 Å². The number of nitrogens with one attached hydrogen (secondary N) is 2. The summed E-state index contributed by atoms with van der Waals surface area (Å²) in [5.74, 6) is -0.567. The van der Waals surface area contributed by atoms with E-state index < -0.39 is 17.9 Å². The molecule has 0 aliphatic heterocycles. The lowest BCUT2D eigenvalue weighted by molar-refractivity contribution is -0.145. The summed E-state index contributed by atoms with van der Waals surface area (Å²) in [4.78, 5) is 23.7. The van der Waals surface area contributed by atoms with E-state index in [2.05, 4.69) is 15.8 Å². The zero-order valence-corrected chi connectivity index (χ0v) is 13.3. The Morgan fingerprint density at radius 2 is 2.04 bits per heavy atom. The molecule has 0 saturated carbocycles. The van der Waals surface area contributed by atoms with Gasteiger partial charge in [-0.1, -0.05) is 17.3 Å². The number of carbonyl (C=O) groups is 2. The molecule has 2 N–H and O–H groups in total. The molecule has 0 aliphatic rings. The van der Waals surface area contributed by atoms with Crippen molar-refractivity contribution >= 4 is 17.8 Å². The Morgan fingerprint density at radius 3 is 2.62 bits per heavy atom. The van der Waals surface area contributed by atoms with Crippen molar-refractivity contribution < 1.29 is 23.2 Å². The maximum absolute atomic E-state index is 12.9. The van der Waals surface area contributed by atoms with Gasteiger partial charge < -0.3 is 14.6 Å². The number of carbonyl (C=O) groups excluding carboxylic acids is 2. The molecule has 0 saturated heterocycles.